The number of thiophene rings is 1. The van der Waals surface area contributed by atoms with E-state index in [4.69, 9.17) is 0 Å². The fourth-order valence-electron chi connectivity index (χ4n) is 2.30. The quantitative estimate of drug-likeness (QED) is 0.834. The summed E-state index contributed by atoms with van der Waals surface area (Å²) in [7, 11) is 1.65. The molecule has 3 rings (SSSR count). The van der Waals surface area contributed by atoms with Gasteiger partial charge >= 0.3 is 0 Å². The first-order chi connectivity index (χ1) is 9.66. The van der Waals surface area contributed by atoms with Crippen molar-refractivity contribution < 1.29 is 0 Å². The first-order valence-electron chi connectivity index (χ1n) is 6.36. The van der Waals surface area contributed by atoms with E-state index in [2.05, 4.69) is 49.5 Å². The minimum atomic E-state index is -0.101. The Morgan fingerprint density at radius 2 is 2.30 bits per heavy atom. The van der Waals surface area contributed by atoms with Gasteiger partial charge in [-0.25, -0.2) is 4.68 Å². The highest BCUT2D eigenvalue weighted by molar-refractivity contribution is 9.10. The summed E-state index contributed by atoms with van der Waals surface area (Å²) in [5.74, 6) is 0. The molecule has 0 atom stereocenters. The number of rotatable bonds is 2. The second kappa shape index (κ2) is 5.54. The summed E-state index contributed by atoms with van der Waals surface area (Å²) in [5, 5.41) is 6.20. The summed E-state index contributed by atoms with van der Waals surface area (Å²) in [6, 6.07) is 4.23. The van der Waals surface area contributed by atoms with Gasteiger partial charge in [0.05, 0.1) is 11.9 Å². The van der Waals surface area contributed by atoms with Gasteiger partial charge in [-0.05, 0) is 39.4 Å². The molecule has 0 unspecified atom stereocenters. The molecule has 2 aromatic rings. The molecule has 0 amide bonds. The molecule has 1 aliphatic rings. The second-order valence-corrected chi connectivity index (χ2v) is 6.42. The molecule has 1 aliphatic heterocycles. The fourth-order valence-corrected chi connectivity index (χ4v) is 3.70. The number of aromatic nitrogens is 2. The lowest BCUT2D eigenvalue weighted by atomic mass is 10.1. The van der Waals surface area contributed by atoms with E-state index in [1.165, 1.54) is 15.1 Å². The van der Waals surface area contributed by atoms with Crippen molar-refractivity contribution in [2.24, 2.45) is 7.05 Å². The topological polar surface area (TPSA) is 38.1 Å². The van der Waals surface area contributed by atoms with Crippen LogP contribution in [0.4, 0.5) is 5.69 Å². The van der Waals surface area contributed by atoms with Crippen LogP contribution in [-0.4, -0.2) is 22.9 Å². The number of aryl methyl sites for hydroxylation is 1. The molecule has 0 spiro atoms. The van der Waals surface area contributed by atoms with Gasteiger partial charge < -0.3 is 4.90 Å². The standard InChI is InChI=1S/C14H14BrN3OS/c1-17-14(19)13(15)11(9-16-17)18-6-4-10(5-7-18)12-3-2-8-20-12/h2-4,8-9H,5-7H2,1H3. The molecule has 0 radical (unpaired) electrons. The van der Waals surface area contributed by atoms with Crippen LogP contribution < -0.4 is 10.5 Å². The maximum Gasteiger partial charge on any atom is 0.282 e. The third-order valence-electron chi connectivity index (χ3n) is 3.45. The second-order valence-electron chi connectivity index (χ2n) is 4.68. The zero-order valence-electron chi connectivity index (χ0n) is 11.0. The van der Waals surface area contributed by atoms with Gasteiger partial charge in [0.25, 0.3) is 5.56 Å². The Balaban J connectivity index is 1.85. The molecule has 6 heteroatoms. The highest BCUT2D eigenvalue weighted by Gasteiger charge is 2.18. The van der Waals surface area contributed by atoms with E-state index in [0.29, 0.717) is 4.47 Å². The van der Waals surface area contributed by atoms with Crippen LogP contribution in [0, 0.1) is 0 Å². The smallest absolute Gasteiger partial charge is 0.282 e. The third kappa shape index (κ3) is 2.45. The van der Waals surface area contributed by atoms with E-state index in [9.17, 15) is 4.79 Å². The zero-order valence-corrected chi connectivity index (χ0v) is 13.4. The summed E-state index contributed by atoms with van der Waals surface area (Å²) in [6.45, 7) is 1.71. The predicted octanol–water partition coefficient (Wildman–Crippen LogP) is 2.90. The average Bonchev–Trinajstić information content (AvgIpc) is 3.00. The average molecular weight is 352 g/mol. The highest BCUT2D eigenvalue weighted by atomic mass is 79.9. The van der Waals surface area contributed by atoms with Crippen LogP contribution in [-0.2, 0) is 7.05 Å². The van der Waals surface area contributed by atoms with Crippen LogP contribution in [0.3, 0.4) is 0 Å². The van der Waals surface area contributed by atoms with E-state index >= 15 is 0 Å². The van der Waals surface area contributed by atoms with Crippen LogP contribution >= 0.6 is 27.3 Å². The van der Waals surface area contributed by atoms with Gasteiger partial charge in [-0.2, -0.15) is 5.10 Å². The van der Waals surface area contributed by atoms with Gasteiger partial charge in [-0.1, -0.05) is 12.1 Å². The minimum absolute atomic E-state index is 0.101. The van der Waals surface area contributed by atoms with E-state index in [1.807, 2.05) is 0 Å². The minimum Gasteiger partial charge on any atom is -0.365 e. The van der Waals surface area contributed by atoms with Crippen LogP contribution in [0.2, 0.25) is 0 Å². The van der Waals surface area contributed by atoms with E-state index < -0.39 is 0 Å². The van der Waals surface area contributed by atoms with Gasteiger partial charge in [0.15, 0.2) is 0 Å². The Labute approximate surface area is 129 Å². The summed E-state index contributed by atoms with van der Waals surface area (Å²) < 4.78 is 1.92. The Bertz CT molecular complexity index is 706. The fraction of sp³-hybridized carbons (Fsp3) is 0.286. The number of halogens is 1. The number of hydrogen-bond acceptors (Lipinski definition) is 4. The number of anilines is 1. The summed E-state index contributed by atoms with van der Waals surface area (Å²) >= 11 is 5.16. The van der Waals surface area contributed by atoms with Crippen molar-refractivity contribution in [3.05, 3.63) is 49.5 Å². The van der Waals surface area contributed by atoms with Gasteiger partial charge in [0.2, 0.25) is 0 Å². The van der Waals surface area contributed by atoms with Crippen LogP contribution in [0.5, 0.6) is 0 Å². The largest absolute Gasteiger partial charge is 0.365 e. The normalized spacial score (nSPS) is 15.3. The van der Waals surface area contributed by atoms with Crippen LogP contribution in [0.1, 0.15) is 11.3 Å². The molecule has 0 N–H and O–H groups in total. The Kier molecular flexibility index (Phi) is 3.76. The molecule has 0 bridgehead atoms. The summed E-state index contributed by atoms with van der Waals surface area (Å²) in [6.07, 6.45) is 4.97. The van der Waals surface area contributed by atoms with Crippen molar-refractivity contribution in [3.63, 3.8) is 0 Å². The van der Waals surface area contributed by atoms with Crippen molar-refractivity contribution in [2.75, 3.05) is 18.0 Å². The van der Waals surface area contributed by atoms with Gasteiger partial charge in [0.1, 0.15) is 4.47 Å². The molecule has 4 nitrogen and oxygen atoms in total. The van der Waals surface area contributed by atoms with Gasteiger partial charge in [-0.15, -0.1) is 11.3 Å². The van der Waals surface area contributed by atoms with Crippen LogP contribution in [0.25, 0.3) is 5.57 Å². The molecular formula is C14H14BrN3OS. The molecule has 3 heterocycles. The lowest BCUT2D eigenvalue weighted by molar-refractivity contribution is 0.695. The molecule has 0 aliphatic carbocycles. The third-order valence-corrected chi connectivity index (χ3v) is 5.14. The van der Waals surface area contributed by atoms with Crippen molar-refractivity contribution in [1.29, 1.82) is 0 Å². The van der Waals surface area contributed by atoms with Crippen molar-refractivity contribution in [2.45, 2.75) is 6.42 Å². The van der Waals surface area contributed by atoms with E-state index in [0.717, 1.165) is 25.2 Å². The zero-order chi connectivity index (χ0) is 14.1. The summed E-state index contributed by atoms with van der Waals surface area (Å²) in [4.78, 5) is 15.4. The molecule has 2 aromatic heterocycles. The van der Waals surface area contributed by atoms with Crippen molar-refractivity contribution >= 4 is 38.5 Å². The predicted molar refractivity (Wildman–Crippen MR) is 86.3 cm³/mol. The Hall–Kier alpha value is -1.40. The Morgan fingerprint density at radius 3 is 2.95 bits per heavy atom. The monoisotopic (exact) mass is 351 g/mol. The van der Waals surface area contributed by atoms with Crippen molar-refractivity contribution in [1.82, 2.24) is 9.78 Å². The summed E-state index contributed by atoms with van der Waals surface area (Å²) in [5.41, 5.74) is 2.16. The molecule has 0 aromatic carbocycles. The molecular weight excluding hydrogens is 338 g/mol. The first-order valence-corrected chi connectivity index (χ1v) is 8.04. The lowest BCUT2D eigenvalue weighted by Gasteiger charge is -2.28. The Morgan fingerprint density at radius 1 is 1.45 bits per heavy atom. The van der Waals surface area contributed by atoms with Gasteiger partial charge in [0, 0.05) is 25.0 Å². The highest BCUT2D eigenvalue weighted by Crippen LogP contribution is 2.29. The maximum atomic E-state index is 11.9. The van der Waals surface area contributed by atoms with Crippen LogP contribution in [0.15, 0.2) is 39.1 Å². The molecule has 104 valence electrons. The molecule has 20 heavy (non-hydrogen) atoms. The molecule has 0 saturated heterocycles. The first kappa shape index (κ1) is 13.6. The SMILES string of the molecule is Cn1ncc(N2CC=C(c3cccs3)CC2)c(Br)c1=O. The number of nitrogens with zero attached hydrogens (tertiary/aromatic N) is 3. The maximum absolute atomic E-state index is 11.9. The molecule has 0 fully saturated rings. The lowest BCUT2D eigenvalue weighted by Crippen LogP contribution is -2.31. The van der Waals surface area contributed by atoms with Gasteiger partial charge in [-0.3, -0.25) is 4.79 Å². The van der Waals surface area contributed by atoms with E-state index in [1.54, 1.807) is 24.6 Å². The molecule has 0 saturated carbocycles. The van der Waals surface area contributed by atoms with E-state index in [-0.39, 0.29) is 5.56 Å². The van der Waals surface area contributed by atoms with Crippen molar-refractivity contribution in [3.8, 4) is 0 Å². The number of hydrogen-bond donors (Lipinski definition) is 0.